The van der Waals surface area contributed by atoms with E-state index < -0.39 is 5.79 Å². The van der Waals surface area contributed by atoms with Gasteiger partial charge in [0.25, 0.3) is 5.91 Å². The minimum absolute atomic E-state index is 0.150. The van der Waals surface area contributed by atoms with E-state index >= 15 is 0 Å². The number of aryl methyl sites for hydroxylation is 1. The Morgan fingerprint density at radius 1 is 1.03 bits per heavy atom. The van der Waals surface area contributed by atoms with Crippen molar-refractivity contribution < 1.29 is 18.7 Å². The number of halogens is 1. The van der Waals surface area contributed by atoms with Crippen LogP contribution in [0.3, 0.4) is 0 Å². The van der Waals surface area contributed by atoms with Crippen molar-refractivity contribution in [3.8, 4) is 5.69 Å². The molecule has 1 amide bonds. The van der Waals surface area contributed by atoms with Gasteiger partial charge in [-0.3, -0.25) is 9.36 Å². The SMILES string of the molecule is Cc1nc2ccc(C(=O)Nc3ccc(C4(C(C)C)OCCO4)cc3)cc2n1-c1ccc(F)cc1. The van der Waals surface area contributed by atoms with E-state index in [-0.39, 0.29) is 17.6 Å². The molecular formula is C27H26FN3O3. The predicted octanol–water partition coefficient (Wildman–Crippen LogP) is 5.58. The van der Waals surface area contributed by atoms with E-state index in [0.29, 0.717) is 24.5 Å². The maximum atomic E-state index is 13.4. The Morgan fingerprint density at radius 2 is 1.71 bits per heavy atom. The number of imidazole rings is 1. The molecule has 1 saturated heterocycles. The maximum Gasteiger partial charge on any atom is 0.255 e. The number of fused-ring (bicyclic) bond motifs is 1. The Bertz CT molecular complexity index is 1340. The van der Waals surface area contributed by atoms with Gasteiger partial charge in [0.15, 0.2) is 5.79 Å². The first-order valence-electron chi connectivity index (χ1n) is 11.3. The summed E-state index contributed by atoms with van der Waals surface area (Å²) in [4.78, 5) is 17.6. The molecular weight excluding hydrogens is 433 g/mol. The summed E-state index contributed by atoms with van der Waals surface area (Å²) >= 11 is 0. The van der Waals surface area contributed by atoms with Gasteiger partial charge in [0, 0.05) is 28.4 Å². The molecule has 1 N–H and O–H groups in total. The summed E-state index contributed by atoms with van der Waals surface area (Å²) in [6.45, 7) is 7.14. The molecule has 1 aromatic heterocycles. The molecule has 4 aromatic rings. The summed E-state index contributed by atoms with van der Waals surface area (Å²) < 4.78 is 27.2. The molecule has 1 aliphatic heterocycles. The van der Waals surface area contributed by atoms with Crippen molar-refractivity contribution in [2.75, 3.05) is 18.5 Å². The topological polar surface area (TPSA) is 65.4 Å². The first-order chi connectivity index (χ1) is 16.4. The molecule has 0 spiro atoms. The quantitative estimate of drug-likeness (QED) is 0.423. The third-order valence-electron chi connectivity index (χ3n) is 6.19. The highest BCUT2D eigenvalue weighted by molar-refractivity contribution is 6.06. The summed E-state index contributed by atoms with van der Waals surface area (Å²) in [6, 6.07) is 19.1. The van der Waals surface area contributed by atoms with Crippen molar-refractivity contribution in [2.24, 2.45) is 5.92 Å². The molecule has 0 aliphatic carbocycles. The van der Waals surface area contributed by atoms with Crippen LogP contribution in [0, 0.1) is 18.7 Å². The van der Waals surface area contributed by atoms with Crippen molar-refractivity contribution in [1.82, 2.24) is 9.55 Å². The number of aromatic nitrogens is 2. The van der Waals surface area contributed by atoms with Gasteiger partial charge in [-0.15, -0.1) is 0 Å². The summed E-state index contributed by atoms with van der Waals surface area (Å²) in [5.74, 6) is -0.375. The molecule has 0 saturated carbocycles. The molecule has 3 aromatic carbocycles. The number of anilines is 1. The van der Waals surface area contributed by atoms with Gasteiger partial charge in [-0.25, -0.2) is 9.37 Å². The Morgan fingerprint density at radius 3 is 2.35 bits per heavy atom. The fourth-order valence-electron chi connectivity index (χ4n) is 4.50. The van der Waals surface area contributed by atoms with Gasteiger partial charge in [-0.05, 0) is 61.5 Å². The zero-order valence-corrected chi connectivity index (χ0v) is 19.3. The highest BCUT2D eigenvalue weighted by Gasteiger charge is 2.41. The molecule has 1 fully saturated rings. The lowest BCUT2D eigenvalue weighted by Gasteiger charge is -2.31. The monoisotopic (exact) mass is 459 g/mol. The third kappa shape index (κ3) is 3.87. The molecule has 1 aliphatic rings. The second-order valence-corrected chi connectivity index (χ2v) is 8.72. The van der Waals surface area contributed by atoms with Crippen LogP contribution in [0.25, 0.3) is 16.7 Å². The van der Waals surface area contributed by atoms with Gasteiger partial charge < -0.3 is 14.8 Å². The molecule has 6 nitrogen and oxygen atoms in total. The number of rotatable bonds is 5. The van der Waals surface area contributed by atoms with Crippen molar-refractivity contribution in [2.45, 2.75) is 26.6 Å². The maximum absolute atomic E-state index is 13.4. The lowest BCUT2D eigenvalue weighted by molar-refractivity contribution is -0.197. The number of ether oxygens (including phenoxy) is 2. The van der Waals surface area contributed by atoms with E-state index in [2.05, 4.69) is 24.1 Å². The van der Waals surface area contributed by atoms with Gasteiger partial charge in [0.05, 0.1) is 24.2 Å². The Hall–Kier alpha value is -3.55. The number of carbonyl (C=O) groups is 1. The Kier molecular flexibility index (Phi) is 5.67. The Balaban J connectivity index is 1.41. The molecule has 0 bridgehead atoms. The lowest BCUT2D eigenvalue weighted by Crippen LogP contribution is -2.33. The van der Waals surface area contributed by atoms with Crippen LogP contribution in [0.1, 0.15) is 35.6 Å². The summed E-state index contributed by atoms with van der Waals surface area (Å²) in [7, 11) is 0. The van der Waals surface area contributed by atoms with Crippen molar-refractivity contribution in [3.05, 3.63) is 89.5 Å². The lowest BCUT2D eigenvalue weighted by atomic mass is 9.94. The van der Waals surface area contributed by atoms with E-state index in [1.54, 1.807) is 24.3 Å². The Labute approximate surface area is 197 Å². The van der Waals surface area contributed by atoms with E-state index in [1.165, 1.54) is 12.1 Å². The minimum Gasteiger partial charge on any atom is -0.343 e. The van der Waals surface area contributed by atoms with Crippen LogP contribution >= 0.6 is 0 Å². The van der Waals surface area contributed by atoms with Crippen molar-refractivity contribution in [1.29, 1.82) is 0 Å². The number of hydrogen-bond acceptors (Lipinski definition) is 4. The fraction of sp³-hybridized carbons (Fsp3) is 0.259. The highest BCUT2D eigenvalue weighted by atomic mass is 19.1. The van der Waals surface area contributed by atoms with Gasteiger partial charge in [0.1, 0.15) is 11.6 Å². The number of hydrogen-bond donors (Lipinski definition) is 1. The predicted molar refractivity (Wildman–Crippen MR) is 129 cm³/mol. The van der Waals surface area contributed by atoms with Crippen LogP contribution in [-0.2, 0) is 15.3 Å². The number of nitrogens with one attached hydrogen (secondary N) is 1. The van der Waals surface area contributed by atoms with E-state index in [4.69, 9.17) is 9.47 Å². The second kappa shape index (κ2) is 8.66. The second-order valence-electron chi connectivity index (χ2n) is 8.72. The minimum atomic E-state index is -0.746. The summed E-state index contributed by atoms with van der Waals surface area (Å²) in [5.41, 5.74) is 4.43. The van der Waals surface area contributed by atoms with E-state index in [9.17, 15) is 9.18 Å². The molecule has 7 heteroatoms. The molecule has 0 unspecified atom stereocenters. The summed E-state index contributed by atoms with van der Waals surface area (Å²) in [5, 5.41) is 2.96. The number of benzene rings is 3. The van der Waals surface area contributed by atoms with Crippen LogP contribution < -0.4 is 5.32 Å². The van der Waals surface area contributed by atoms with Crippen LogP contribution in [0.4, 0.5) is 10.1 Å². The van der Waals surface area contributed by atoms with Gasteiger partial charge in [0.2, 0.25) is 0 Å². The summed E-state index contributed by atoms with van der Waals surface area (Å²) in [6.07, 6.45) is 0. The first-order valence-corrected chi connectivity index (χ1v) is 11.3. The smallest absolute Gasteiger partial charge is 0.255 e. The van der Waals surface area contributed by atoms with Gasteiger partial charge in [-0.1, -0.05) is 26.0 Å². The van der Waals surface area contributed by atoms with Crippen molar-refractivity contribution in [3.63, 3.8) is 0 Å². The molecule has 5 rings (SSSR count). The molecule has 0 radical (unpaired) electrons. The first kappa shape index (κ1) is 22.3. The van der Waals surface area contributed by atoms with Gasteiger partial charge >= 0.3 is 0 Å². The normalized spacial score (nSPS) is 15.2. The zero-order chi connectivity index (χ0) is 23.9. The van der Waals surface area contributed by atoms with E-state index in [1.807, 2.05) is 41.8 Å². The average molecular weight is 460 g/mol. The van der Waals surface area contributed by atoms with Crippen LogP contribution in [0.15, 0.2) is 66.7 Å². The molecule has 174 valence electrons. The zero-order valence-electron chi connectivity index (χ0n) is 19.3. The van der Waals surface area contributed by atoms with E-state index in [0.717, 1.165) is 28.1 Å². The number of nitrogens with zero attached hydrogens (tertiary/aromatic N) is 2. The van der Waals surface area contributed by atoms with Crippen LogP contribution in [0.5, 0.6) is 0 Å². The number of carbonyl (C=O) groups excluding carboxylic acids is 1. The molecule has 2 heterocycles. The average Bonchev–Trinajstić information content (AvgIpc) is 3.45. The standard InChI is InChI=1S/C27H26FN3O3/c1-17(2)27(33-14-15-34-27)20-5-9-22(10-6-20)30-26(32)19-4-13-24-25(16-19)31(18(3)29-24)23-11-7-21(28)8-12-23/h4-13,16-17H,14-15H2,1-3H3,(H,30,32). The number of amides is 1. The highest BCUT2D eigenvalue weighted by Crippen LogP contribution is 2.38. The third-order valence-corrected chi connectivity index (χ3v) is 6.19. The van der Waals surface area contributed by atoms with Gasteiger partial charge in [-0.2, -0.15) is 0 Å². The van der Waals surface area contributed by atoms with Crippen molar-refractivity contribution >= 4 is 22.6 Å². The van der Waals surface area contributed by atoms with Crippen LogP contribution in [-0.4, -0.2) is 28.7 Å². The molecule has 34 heavy (non-hydrogen) atoms. The molecule has 0 atom stereocenters. The van der Waals surface area contributed by atoms with Crippen LogP contribution in [0.2, 0.25) is 0 Å². The fourth-order valence-corrected chi connectivity index (χ4v) is 4.50. The largest absolute Gasteiger partial charge is 0.343 e.